The molecule has 0 spiro atoms. The number of aliphatic hydroxyl groups excluding tert-OH is 1. The van der Waals surface area contributed by atoms with Crippen molar-refractivity contribution in [2.24, 2.45) is 0 Å². The Hall–Kier alpha value is -2.45. The average molecular weight is 346 g/mol. The number of carbonyl (C=O) groups is 2. The second-order valence-corrected chi connectivity index (χ2v) is 6.59. The van der Waals surface area contributed by atoms with E-state index in [1.807, 2.05) is 14.1 Å². The highest BCUT2D eigenvalue weighted by Gasteiger charge is 2.29. The summed E-state index contributed by atoms with van der Waals surface area (Å²) < 4.78 is 5.66. The standard InChI is InChI=1S/C17H22N4O4/c1-21(2)9-12(22)8-18-15(23)16(24)19-11-5-6-14-13(7-11)20-17(25-14)10-3-4-10/h5-7,10,12,22H,3-4,8-9H2,1-2H3,(H,18,23)(H,19,24)/t12-/m1/s1. The molecule has 0 saturated heterocycles. The van der Waals surface area contributed by atoms with Gasteiger partial charge < -0.3 is 25.1 Å². The molecule has 1 heterocycles. The van der Waals surface area contributed by atoms with Crippen LogP contribution < -0.4 is 10.6 Å². The minimum absolute atomic E-state index is 0.0114. The van der Waals surface area contributed by atoms with Gasteiger partial charge in [-0.3, -0.25) is 9.59 Å². The van der Waals surface area contributed by atoms with E-state index in [-0.39, 0.29) is 6.54 Å². The van der Waals surface area contributed by atoms with Crippen LogP contribution in [0.15, 0.2) is 22.6 Å². The zero-order chi connectivity index (χ0) is 18.0. The topological polar surface area (TPSA) is 108 Å². The number of oxazole rings is 1. The molecule has 1 fully saturated rings. The molecule has 0 unspecified atom stereocenters. The Morgan fingerprint density at radius 1 is 1.36 bits per heavy atom. The molecule has 2 aromatic rings. The van der Waals surface area contributed by atoms with Gasteiger partial charge >= 0.3 is 11.8 Å². The van der Waals surface area contributed by atoms with Gasteiger partial charge in [0.1, 0.15) is 5.52 Å². The number of fused-ring (bicyclic) bond motifs is 1. The molecule has 134 valence electrons. The summed E-state index contributed by atoms with van der Waals surface area (Å²) in [6, 6.07) is 5.07. The van der Waals surface area contributed by atoms with Gasteiger partial charge in [0.05, 0.1) is 6.10 Å². The molecule has 1 atom stereocenters. The molecular weight excluding hydrogens is 324 g/mol. The smallest absolute Gasteiger partial charge is 0.313 e. The number of aliphatic hydroxyl groups is 1. The van der Waals surface area contributed by atoms with Crippen molar-refractivity contribution in [3.63, 3.8) is 0 Å². The number of aromatic nitrogens is 1. The van der Waals surface area contributed by atoms with Crippen LogP contribution in [-0.4, -0.2) is 60.1 Å². The molecule has 0 radical (unpaired) electrons. The van der Waals surface area contributed by atoms with E-state index in [0.29, 0.717) is 29.2 Å². The van der Waals surface area contributed by atoms with E-state index in [4.69, 9.17) is 4.42 Å². The highest BCUT2D eigenvalue weighted by Crippen LogP contribution is 2.40. The summed E-state index contributed by atoms with van der Waals surface area (Å²) >= 11 is 0. The van der Waals surface area contributed by atoms with Crippen molar-refractivity contribution in [1.29, 1.82) is 0 Å². The maximum absolute atomic E-state index is 11.9. The molecule has 0 bridgehead atoms. The number of benzene rings is 1. The van der Waals surface area contributed by atoms with Crippen molar-refractivity contribution >= 4 is 28.6 Å². The molecule has 2 amide bonds. The lowest BCUT2D eigenvalue weighted by molar-refractivity contribution is -0.136. The lowest BCUT2D eigenvalue weighted by atomic mass is 10.3. The zero-order valence-corrected chi connectivity index (χ0v) is 14.3. The maximum Gasteiger partial charge on any atom is 0.313 e. The number of carbonyl (C=O) groups excluding carboxylic acids is 2. The van der Waals surface area contributed by atoms with Crippen LogP contribution >= 0.6 is 0 Å². The molecule has 3 N–H and O–H groups in total. The third-order valence-corrected chi connectivity index (χ3v) is 3.87. The number of nitrogens with one attached hydrogen (secondary N) is 2. The first-order chi connectivity index (χ1) is 11.9. The number of anilines is 1. The lowest BCUT2D eigenvalue weighted by Crippen LogP contribution is -2.42. The van der Waals surface area contributed by atoms with Crippen LogP contribution in [0.25, 0.3) is 11.1 Å². The first kappa shape index (κ1) is 17.4. The van der Waals surface area contributed by atoms with E-state index < -0.39 is 17.9 Å². The maximum atomic E-state index is 11.9. The van der Waals surface area contributed by atoms with Gasteiger partial charge in [-0.2, -0.15) is 0 Å². The normalized spacial score (nSPS) is 15.4. The predicted molar refractivity (Wildman–Crippen MR) is 92.2 cm³/mol. The van der Waals surface area contributed by atoms with Gasteiger partial charge in [-0.05, 0) is 45.1 Å². The number of likely N-dealkylation sites (N-methyl/N-ethyl adjacent to an activating group) is 1. The first-order valence-corrected chi connectivity index (χ1v) is 8.25. The van der Waals surface area contributed by atoms with E-state index in [9.17, 15) is 14.7 Å². The molecule has 1 aliphatic carbocycles. The van der Waals surface area contributed by atoms with E-state index >= 15 is 0 Å². The van der Waals surface area contributed by atoms with Gasteiger partial charge in [0.25, 0.3) is 0 Å². The van der Waals surface area contributed by atoms with Crippen molar-refractivity contribution in [1.82, 2.24) is 15.2 Å². The Morgan fingerprint density at radius 3 is 2.80 bits per heavy atom. The highest BCUT2D eigenvalue weighted by molar-refractivity contribution is 6.39. The van der Waals surface area contributed by atoms with Crippen molar-refractivity contribution in [3.05, 3.63) is 24.1 Å². The first-order valence-electron chi connectivity index (χ1n) is 8.25. The van der Waals surface area contributed by atoms with Crippen LogP contribution in [0.5, 0.6) is 0 Å². The molecule has 25 heavy (non-hydrogen) atoms. The summed E-state index contributed by atoms with van der Waals surface area (Å²) in [5.74, 6) is -0.449. The van der Waals surface area contributed by atoms with Crippen LogP contribution in [-0.2, 0) is 9.59 Å². The number of hydrogen-bond acceptors (Lipinski definition) is 6. The number of amides is 2. The van der Waals surface area contributed by atoms with Crippen molar-refractivity contribution in [2.45, 2.75) is 24.9 Å². The molecule has 8 nitrogen and oxygen atoms in total. The Bertz CT molecular complexity index is 782. The van der Waals surface area contributed by atoms with Crippen LogP contribution in [0, 0.1) is 0 Å². The third-order valence-electron chi connectivity index (χ3n) is 3.87. The van der Waals surface area contributed by atoms with Gasteiger partial charge in [0.15, 0.2) is 11.5 Å². The molecule has 3 rings (SSSR count). The van der Waals surface area contributed by atoms with Gasteiger partial charge in [-0.1, -0.05) is 0 Å². The molecular formula is C17H22N4O4. The Morgan fingerprint density at radius 2 is 2.12 bits per heavy atom. The molecule has 1 aromatic heterocycles. The van der Waals surface area contributed by atoms with E-state index in [0.717, 1.165) is 18.7 Å². The summed E-state index contributed by atoms with van der Waals surface area (Å²) in [6.07, 6.45) is 1.45. The Labute approximate surface area is 145 Å². The van der Waals surface area contributed by atoms with Crippen molar-refractivity contribution in [3.8, 4) is 0 Å². The number of rotatable bonds is 6. The quantitative estimate of drug-likeness (QED) is 0.664. The predicted octanol–water partition coefficient (Wildman–Crippen LogP) is 0.682. The lowest BCUT2D eigenvalue weighted by Gasteiger charge is -2.16. The van der Waals surface area contributed by atoms with Gasteiger partial charge in [0, 0.05) is 24.7 Å². The molecule has 1 saturated carbocycles. The molecule has 1 aromatic carbocycles. The van der Waals surface area contributed by atoms with Crippen LogP contribution in [0.4, 0.5) is 5.69 Å². The van der Waals surface area contributed by atoms with Crippen molar-refractivity contribution in [2.75, 3.05) is 32.5 Å². The van der Waals surface area contributed by atoms with Crippen LogP contribution in [0.2, 0.25) is 0 Å². The molecule has 8 heteroatoms. The van der Waals surface area contributed by atoms with Gasteiger partial charge in [0.2, 0.25) is 0 Å². The molecule has 1 aliphatic rings. The monoisotopic (exact) mass is 346 g/mol. The summed E-state index contributed by atoms with van der Waals surface area (Å²) in [5.41, 5.74) is 1.79. The van der Waals surface area contributed by atoms with Crippen molar-refractivity contribution < 1.29 is 19.1 Å². The van der Waals surface area contributed by atoms with Crippen LogP contribution in [0.1, 0.15) is 24.7 Å². The fourth-order valence-electron chi connectivity index (χ4n) is 2.49. The van der Waals surface area contributed by atoms with Crippen LogP contribution in [0.3, 0.4) is 0 Å². The summed E-state index contributed by atoms with van der Waals surface area (Å²) in [4.78, 5) is 30.0. The molecule has 0 aliphatic heterocycles. The largest absolute Gasteiger partial charge is 0.440 e. The number of hydrogen-bond donors (Lipinski definition) is 3. The third kappa shape index (κ3) is 4.55. The number of nitrogens with zero attached hydrogens (tertiary/aromatic N) is 2. The fraction of sp³-hybridized carbons (Fsp3) is 0.471. The summed E-state index contributed by atoms with van der Waals surface area (Å²) in [7, 11) is 3.62. The summed E-state index contributed by atoms with van der Waals surface area (Å²) in [6.45, 7) is 0.408. The summed E-state index contributed by atoms with van der Waals surface area (Å²) in [5, 5.41) is 14.6. The second-order valence-electron chi connectivity index (χ2n) is 6.59. The minimum Gasteiger partial charge on any atom is -0.440 e. The SMILES string of the molecule is CN(C)C[C@H](O)CNC(=O)C(=O)Nc1ccc2oc(C3CC3)nc2c1. The van der Waals surface area contributed by atoms with Gasteiger partial charge in [-0.25, -0.2) is 4.98 Å². The highest BCUT2D eigenvalue weighted by atomic mass is 16.3. The zero-order valence-electron chi connectivity index (χ0n) is 14.3. The Kier molecular flexibility index (Phi) is 5.00. The van der Waals surface area contributed by atoms with E-state index in [1.165, 1.54) is 0 Å². The minimum atomic E-state index is -0.795. The van der Waals surface area contributed by atoms with E-state index in [1.54, 1.807) is 23.1 Å². The second kappa shape index (κ2) is 7.20. The Balaban J connectivity index is 1.56. The van der Waals surface area contributed by atoms with Gasteiger partial charge in [-0.15, -0.1) is 0 Å². The average Bonchev–Trinajstić information content (AvgIpc) is 3.31. The van der Waals surface area contributed by atoms with E-state index in [2.05, 4.69) is 15.6 Å². The fourth-order valence-corrected chi connectivity index (χ4v) is 2.49.